The van der Waals surface area contributed by atoms with Crippen molar-refractivity contribution in [2.45, 2.75) is 31.8 Å². The normalized spacial score (nSPS) is 26.9. The van der Waals surface area contributed by atoms with Crippen LogP contribution < -0.4 is 0 Å². The first kappa shape index (κ1) is 16.0. The van der Waals surface area contributed by atoms with Gasteiger partial charge in [0.1, 0.15) is 17.3 Å². The Morgan fingerprint density at radius 3 is 3.08 bits per heavy atom. The van der Waals surface area contributed by atoms with E-state index in [2.05, 4.69) is 28.2 Å². The Labute approximate surface area is 144 Å². The maximum atomic E-state index is 13.5. The predicted molar refractivity (Wildman–Crippen MR) is 91.8 cm³/mol. The first-order valence-electron chi connectivity index (χ1n) is 8.21. The van der Waals surface area contributed by atoms with Gasteiger partial charge in [-0.25, -0.2) is 9.07 Å². The summed E-state index contributed by atoms with van der Waals surface area (Å²) in [6, 6.07) is 4.05. The van der Waals surface area contributed by atoms with Gasteiger partial charge in [0.2, 0.25) is 0 Å². The van der Waals surface area contributed by atoms with Crippen LogP contribution in [-0.4, -0.2) is 32.9 Å². The molecule has 25 heavy (non-hydrogen) atoms. The number of aromatic hydroxyl groups is 1. The number of benzene rings is 1. The summed E-state index contributed by atoms with van der Waals surface area (Å²) in [4.78, 5) is 13.1. The summed E-state index contributed by atoms with van der Waals surface area (Å²) in [5.74, 6) is -0.0788. The van der Waals surface area contributed by atoms with Crippen molar-refractivity contribution in [2.24, 2.45) is 10.6 Å². The smallest absolute Gasteiger partial charge is 0.149 e. The molecule has 4 rings (SSSR count). The minimum atomic E-state index is -0.366. The van der Waals surface area contributed by atoms with Crippen LogP contribution in [0.25, 0.3) is 6.20 Å². The molecule has 7 heteroatoms. The molecule has 2 aliphatic rings. The van der Waals surface area contributed by atoms with Crippen LogP contribution in [0.3, 0.4) is 0 Å². The van der Waals surface area contributed by atoms with E-state index in [-0.39, 0.29) is 28.9 Å². The Hall–Kier alpha value is -2.54. The summed E-state index contributed by atoms with van der Waals surface area (Å²) in [7, 11) is 1.95. The van der Waals surface area contributed by atoms with E-state index in [1.807, 2.05) is 13.2 Å². The first-order chi connectivity index (χ1) is 11.9. The Morgan fingerprint density at radius 2 is 2.32 bits per heavy atom. The van der Waals surface area contributed by atoms with E-state index < -0.39 is 0 Å². The van der Waals surface area contributed by atoms with E-state index in [1.54, 1.807) is 4.68 Å². The number of hydrogen-bond donors (Lipinski definition) is 1. The third-order valence-corrected chi connectivity index (χ3v) is 5.54. The molecule has 0 saturated heterocycles. The number of rotatable bonds is 4. The lowest BCUT2D eigenvalue weighted by Gasteiger charge is -2.31. The SMILES string of the molecule is CN(Cc1cc(F)ccc1O)C1C=Cn2ncc(N=O)c2C2C[C@]21C. The van der Waals surface area contributed by atoms with Crippen molar-refractivity contribution < 1.29 is 9.50 Å². The van der Waals surface area contributed by atoms with Gasteiger partial charge >= 0.3 is 0 Å². The van der Waals surface area contributed by atoms with Crippen molar-refractivity contribution in [3.8, 4) is 5.75 Å². The Kier molecular flexibility index (Phi) is 3.50. The molecule has 3 atom stereocenters. The molecule has 130 valence electrons. The Morgan fingerprint density at radius 1 is 1.52 bits per heavy atom. The zero-order valence-corrected chi connectivity index (χ0v) is 14.1. The van der Waals surface area contributed by atoms with E-state index in [9.17, 15) is 14.4 Å². The summed E-state index contributed by atoms with van der Waals surface area (Å²) in [5, 5.41) is 17.3. The summed E-state index contributed by atoms with van der Waals surface area (Å²) in [5.41, 5.74) is 1.75. The van der Waals surface area contributed by atoms with Gasteiger partial charge < -0.3 is 5.11 Å². The maximum absolute atomic E-state index is 13.5. The minimum absolute atomic E-state index is 0.0537. The number of phenols is 1. The van der Waals surface area contributed by atoms with Crippen LogP contribution in [0, 0.1) is 16.1 Å². The molecule has 1 aromatic heterocycles. The van der Waals surface area contributed by atoms with Gasteiger partial charge in [-0.2, -0.15) is 5.10 Å². The highest BCUT2D eigenvalue weighted by molar-refractivity contribution is 5.52. The number of halogens is 1. The molecule has 1 aromatic carbocycles. The van der Waals surface area contributed by atoms with Crippen LogP contribution in [0.1, 0.15) is 30.5 Å². The second-order valence-corrected chi connectivity index (χ2v) is 7.19. The van der Waals surface area contributed by atoms with Crippen molar-refractivity contribution in [2.75, 3.05) is 7.05 Å². The number of phenolic OH excluding ortho intramolecular Hbond substituents is 1. The van der Waals surface area contributed by atoms with Crippen molar-refractivity contribution in [3.05, 3.63) is 52.5 Å². The number of aromatic nitrogens is 2. The van der Waals surface area contributed by atoms with Crippen molar-refractivity contribution in [3.63, 3.8) is 0 Å². The highest BCUT2D eigenvalue weighted by atomic mass is 19.1. The van der Waals surface area contributed by atoms with Crippen LogP contribution in [0.4, 0.5) is 10.1 Å². The molecule has 0 bridgehead atoms. The van der Waals surface area contributed by atoms with Crippen molar-refractivity contribution >= 4 is 11.9 Å². The van der Waals surface area contributed by atoms with Gasteiger partial charge in [0, 0.05) is 30.3 Å². The fraction of sp³-hybridized carbons (Fsp3) is 0.389. The lowest BCUT2D eigenvalue weighted by Crippen LogP contribution is -2.36. The zero-order valence-electron chi connectivity index (χ0n) is 14.1. The average Bonchev–Trinajstić information content (AvgIpc) is 3.10. The first-order valence-corrected chi connectivity index (χ1v) is 8.21. The molecule has 2 unspecified atom stereocenters. The fourth-order valence-electron chi connectivity index (χ4n) is 4.09. The molecule has 6 nitrogen and oxygen atoms in total. The number of nitroso groups, excluding NO2 is 1. The topological polar surface area (TPSA) is 70.7 Å². The highest BCUT2D eigenvalue weighted by Gasteiger charge is 2.59. The van der Waals surface area contributed by atoms with Gasteiger partial charge in [-0.3, -0.25) is 4.90 Å². The molecule has 1 fully saturated rings. The number of fused-ring (bicyclic) bond motifs is 3. The quantitative estimate of drug-likeness (QED) is 0.862. The molecule has 0 amide bonds. The van der Waals surface area contributed by atoms with E-state index in [0.717, 1.165) is 12.1 Å². The Balaban J connectivity index is 1.63. The van der Waals surface area contributed by atoms with Gasteiger partial charge in [-0.1, -0.05) is 6.92 Å². The summed E-state index contributed by atoms with van der Waals surface area (Å²) in [6.07, 6.45) is 6.33. The number of hydrogen-bond acceptors (Lipinski definition) is 5. The lowest BCUT2D eigenvalue weighted by atomic mass is 9.93. The van der Waals surface area contributed by atoms with Gasteiger partial charge in [0.25, 0.3) is 0 Å². The van der Waals surface area contributed by atoms with Gasteiger partial charge in [0.15, 0.2) is 0 Å². The third kappa shape index (κ3) is 2.46. The third-order valence-electron chi connectivity index (χ3n) is 5.54. The lowest BCUT2D eigenvalue weighted by molar-refractivity contribution is 0.198. The molecule has 1 aliphatic heterocycles. The van der Waals surface area contributed by atoms with E-state index in [0.29, 0.717) is 17.8 Å². The zero-order chi connectivity index (χ0) is 17.8. The summed E-state index contributed by atoms with van der Waals surface area (Å²) < 4.78 is 15.2. The van der Waals surface area contributed by atoms with Gasteiger partial charge in [-0.15, -0.1) is 4.91 Å². The van der Waals surface area contributed by atoms with Crippen LogP contribution in [0.2, 0.25) is 0 Å². The average molecular weight is 342 g/mol. The number of likely N-dealkylation sites (N-methyl/N-ethyl adjacent to an activating group) is 1. The second-order valence-electron chi connectivity index (χ2n) is 7.19. The predicted octanol–water partition coefficient (Wildman–Crippen LogP) is 3.60. The van der Waals surface area contributed by atoms with Crippen molar-refractivity contribution in [1.82, 2.24) is 14.7 Å². The van der Waals surface area contributed by atoms with Crippen LogP contribution in [0.5, 0.6) is 5.75 Å². The van der Waals surface area contributed by atoms with Gasteiger partial charge in [0.05, 0.1) is 11.9 Å². The van der Waals surface area contributed by atoms with Crippen molar-refractivity contribution in [1.29, 1.82) is 0 Å². The molecule has 0 radical (unpaired) electrons. The van der Waals surface area contributed by atoms with Gasteiger partial charge in [-0.05, 0) is 48.3 Å². The molecule has 0 spiro atoms. The second kappa shape index (κ2) is 5.49. The fourth-order valence-corrected chi connectivity index (χ4v) is 4.09. The van der Waals surface area contributed by atoms with Crippen LogP contribution in [0.15, 0.2) is 35.6 Å². The molecular formula is C18H19FN4O2. The maximum Gasteiger partial charge on any atom is 0.149 e. The Bertz CT molecular complexity index is 878. The molecule has 1 aliphatic carbocycles. The standard InChI is InChI=1S/C18H19FN4O2/c1-18-8-13(18)17-14(21-25)9-20-23(17)6-5-16(18)22(2)10-11-7-12(19)3-4-15(11)24/h3-7,9,13,16,24H,8,10H2,1-2H3/t13?,16?,18-/m1/s1. The molecular weight excluding hydrogens is 323 g/mol. The molecule has 1 N–H and O–H groups in total. The van der Waals surface area contributed by atoms with E-state index in [4.69, 9.17) is 0 Å². The monoisotopic (exact) mass is 342 g/mol. The largest absolute Gasteiger partial charge is 0.508 e. The minimum Gasteiger partial charge on any atom is -0.508 e. The molecule has 2 heterocycles. The number of nitrogens with zero attached hydrogens (tertiary/aromatic N) is 4. The highest BCUT2D eigenvalue weighted by Crippen LogP contribution is 2.64. The summed E-state index contributed by atoms with van der Waals surface area (Å²) in [6.45, 7) is 2.59. The van der Waals surface area contributed by atoms with E-state index in [1.165, 1.54) is 24.4 Å². The molecule has 2 aromatic rings. The van der Waals surface area contributed by atoms with Crippen LogP contribution in [-0.2, 0) is 6.54 Å². The molecule has 1 saturated carbocycles. The summed E-state index contributed by atoms with van der Waals surface area (Å²) >= 11 is 0. The van der Waals surface area contributed by atoms with E-state index >= 15 is 0 Å². The van der Waals surface area contributed by atoms with Crippen LogP contribution >= 0.6 is 0 Å².